The molecule has 1 aromatic heterocycles. The molecule has 44 heavy (non-hydrogen) atoms. The monoisotopic (exact) mass is 600 g/mol. The van der Waals surface area contributed by atoms with E-state index >= 15 is 0 Å². The third-order valence-corrected chi connectivity index (χ3v) is 8.67. The fraction of sp³-hybridized carbons (Fsp3) is 0.0811. The molecular formula is C37H29FN2O3S. The number of carboxylic acid groups (broad SMARTS) is 1. The van der Waals surface area contributed by atoms with E-state index in [-0.39, 0.29) is 23.3 Å². The van der Waals surface area contributed by atoms with Crippen LogP contribution in [-0.2, 0) is 6.54 Å². The van der Waals surface area contributed by atoms with Gasteiger partial charge in [0.1, 0.15) is 5.82 Å². The molecule has 0 radical (unpaired) electrons. The number of aromatic nitrogens is 1. The van der Waals surface area contributed by atoms with Crippen LogP contribution in [0.1, 0.15) is 44.8 Å². The van der Waals surface area contributed by atoms with Crippen molar-refractivity contribution in [3.8, 4) is 11.1 Å². The number of aromatic carboxylic acids is 1. The van der Waals surface area contributed by atoms with Gasteiger partial charge in [0, 0.05) is 27.9 Å². The Morgan fingerprint density at radius 1 is 0.818 bits per heavy atom. The molecule has 0 saturated heterocycles. The maximum absolute atomic E-state index is 13.8. The molecular weight excluding hydrogens is 571 g/mol. The summed E-state index contributed by atoms with van der Waals surface area (Å²) in [6.07, 6.45) is 2.01. The molecule has 7 heteroatoms. The number of nitrogens with zero attached hydrogens (tertiary/aromatic N) is 1. The molecule has 0 bridgehead atoms. The van der Waals surface area contributed by atoms with Gasteiger partial charge in [-0.3, -0.25) is 4.79 Å². The van der Waals surface area contributed by atoms with Crippen molar-refractivity contribution in [1.82, 2.24) is 9.88 Å². The van der Waals surface area contributed by atoms with Gasteiger partial charge in [0.25, 0.3) is 5.91 Å². The largest absolute Gasteiger partial charge is 0.478 e. The topological polar surface area (TPSA) is 71.3 Å². The summed E-state index contributed by atoms with van der Waals surface area (Å²) in [5.41, 5.74) is 5.40. The number of hydrogen-bond donors (Lipinski definition) is 2. The average Bonchev–Trinajstić information content (AvgIpc) is 3.46. The summed E-state index contributed by atoms with van der Waals surface area (Å²) in [5.74, 6) is -1.47. The Morgan fingerprint density at radius 2 is 1.48 bits per heavy atom. The summed E-state index contributed by atoms with van der Waals surface area (Å²) in [4.78, 5) is 27.2. The lowest BCUT2D eigenvalue weighted by molar-refractivity contribution is 0.0696. The number of hydrogen-bond acceptors (Lipinski definition) is 3. The van der Waals surface area contributed by atoms with Crippen molar-refractivity contribution in [2.24, 2.45) is 0 Å². The van der Waals surface area contributed by atoms with Crippen molar-refractivity contribution in [2.75, 3.05) is 0 Å². The van der Waals surface area contributed by atoms with Crippen LogP contribution in [0.4, 0.5) is 4.39 Å². The van der Waals surface area contributed by atoms with E-state index in [0.29, 0.717) is 12.1 Å². The highest BCUT2D eigenvalue weighted by Crippen LogP contribution is 2.36. The van der Waals surface area contributed by atoms with Crippen LogP contribution in [0.2, 0.25) is 0 Å². The van der Waals surface area contributed by atoms with Gasteiger partial charge in [0.2, 0.25) is 0 Å². The van der Waals surface area contributed by atoms with Crippen LogP contribution >= 0.6 is 11.8 Å². The van der Waals surface area contributed by atoms with Gasteiger partial charge in [-0.25, -0.2) is 9.18 Å². The second kappa shape index (κ2) is 12.6. The van der Waals surface area contributed by atoms with Gasteiger partial charge in [-0.1, -0.05) is 78.5 Å². The Kier molecular flexibility index (Phi) is 8.30. The Hall–Kier alpha value is -5.14. The van der Waals surface area contributed by atoms with Gasteiger partial charge < -0.3 is 15.0 Å². The standard InChI is InChI=1S/C37H29FN2O3S/c1-24(26-11-13-29(14-12-26)37(42)43)39-36(41)33-19-20-34(44-31-5-3-2-4-6-31)32-21-22-40(35(32)33)23-25-7-9-27(10-8-25)28-15-17-30(38)18-16-28/h2-22,24H,23H2,1H3,(H,39,41)(H,42,43)/t24-/m0/s1. The highest BCUT2D eigenvalue weighted by Gasteiger charge is 2.19. The summed E-state index contributed by atoms with van der Waals surface area (Å²) in [7, 11) is 0. The normalized spacial score (nSPS) is 11.8. The fourth-order valence-corrected chi connectivity index (χ4v) is 6.19. The highest BCUT2D eigenvalue weighted by atomic mass is 32.2. The molecule has 0 unspecified atom stereocenters. The van der Waals surface area contributed by atoms with Crippen LogP contribution in [0.15, 0.2) is 137 Å². The Morgan fingerprint density at radius 3 is 2.14 bits per heavy atom. The first-order valence-corrected chi connectivity index (χ1v) is 15.0. The van der Waals surface area contributed by atoms with Crippen molar-refractivity contribution < 1.29 is 19.1 Å². The van der Waals surface area contributed by atoms with E-state index in [4.69, 9.17) is 0 Å². The van der Waals surface area contributed by atoms with Gasteiger partial charge >= 0.3 is 5.97 Å². The minimum atomic E-state index is -0.991. The van der Waals surface area contributed by atoms with E-state index < -0.39 is 5.97 Å². The first kappa shape index (κ1) is 29.0. The number of halogens is 1. The molecule has 1 amide bonds. The molecule has 0 aliphatic carbocycles. The van der Waals surface area contributed by atoms with E-state index in [1.165, 1.54) is 12.1 Å². The number of carboxylic acids is 1. The summed E-state index contributed by atoms with van der Waals surface area (Å²) < 4.78 is 15.5. The van der Waals surface area contributed by atoms with E-state index in [1.54, 1.807) is 48.2 Å². The maximum atomic E-state index is 13.8. The molecule has 2 N–H and O–H groups in total. The second-order valence-corrected chi connectivity index (χ2v) is 11.7. The minimum absolute atomic E-state index is 0.198. The Labute approximate surface area is 259 Å². The van der Waals surface area contributed by atoms with Crippen molar-refractivity contribution in [1.29, 1.82) is 0 Å². The van der Waals surface area contributed by atoms with E-state index in [9.17, 15) is 19.1 Å². The quantitative estimate of drug-likeness (QED) is 0.174. The number of nitrogens with one attached hydrogen (secondary N) is 1. The highest BCUT2D eigenvalue weighted by molar-refractivity contribution is 7.99. The Balaban J connectivity index is 1.32. The predicted octanol–water partition coefficient (Wildman–Crippen LogP) is 8.84. The van der Waals surface area contributed by atoms with Crippen molar-refractivity contribution in [3.63, 3.8) is 0 Å². The van der Waals surface area contributed by atoms with Crippen LogP contribution in [-0.4, -0.2) is 21.6 Å². The van der Waals surface area contributed by atoms with Gasteiger partial charge in [0.05, 0.1) is 22.7 Å². The SMILES string of the molecule is C[C@H](NC(=O)c1ccc(Sc2ccccc2)c2ccn(Cc3ccc(-c4ccc(F)cc4)cc3)c12)c1ccc(C(=O)O)cc1. The van der Waals surface area contributed by atoms with E-state index in [0.717, 1.165) is 42.9 Å². The summed E-state index contributed by atoms with van der Waals surface area (Å²) in [6, 6.07) is 36.8. The zero-order valence-corrected chi connectivity index (χ0v) is 24.7. The lowest BCUT2D eigenvalue weighted by Gasteiger charge is -2.17. The molecule has 0 saturated carbocycles. The van der Waals surface area contributed by atoms with Gasteiger partial charge in [-0.15, -0.1) is 0 Å². The summed E-state index contributed by atoms with van der Waals surface area (Å²) >= 11 is 1.65. The zero-order chi connectivity index (χ0) is 30.6. The van der Waals surface area contributed by atoms with E-state index in [1.807, 2.05) is 55.6 Å². The van der Waals surface area contributed by atoms with Crippen LogP contribution in [0.3, 0.4) is 0 Å². The van der Waals surface area contributed by atoms with Crippen molar-refractivity contribution in [3.05, 3.63) is 156 Å². The van der Waals surface area contributed by atoms with Crippen molar-refractivity contribution in [2.45, 2.75) is 29.3 Å². The van der Waals surface area contributed by atoms with Gasteiger partial charge in [-0.05, 0) is 83.8 Å². The molecule has 218 valence electrons. The fourth-order valence-electron chi connectivity index (χ4n) is 5.23. The molecule has 0 fully saturated rings. The lowest BCUT2D eigenvalue weighted by atomic mass is 10.0. The smallest absolute Gasteiger partial charge is 0.335 e. The number of carbonyl (C=O) groups is 2. The number of amides is 1. The summed E-state index contributed by atoms with van der Waals surface area (Å²) in [5, 5.41) is 13.3. The maximum Gasteiger partial charge on any atom is 0.335 e. The third-order valence-electron chi connectivity index (χ3n) is 7.59. The first-order chi connectivity index (χ1) is 21.4. The molecule has 6 rings (SSSR count). The van der Waals surface area contributed by atoms with Gasteiger partial charge in [0.15, 0.2) is 0 Å². The predicted molar refractivity (Wildman–Crippen MR) is 173 cm³/mol. The Bertz CT molecular complexity index is 1930. The molecule has 5 aromatic carbocycles. The third kappa shape index (κ3) is 6.28. The molecule has 1 atom stereocenters. The average molecular weight is 601 g/mol. The number of carbonyl (C=O) groups excluding carboxylic acids is 1. The van der Waals surface area contributed by atoms with E-state index in [2.05, 4.69) is 40.2 Å². The molecule has 0 aliphatic rings. The van der Waals surface area contributed by atoms with Crippen LogP contribution in [0, 0.1) is 5.82 Å². The molecule has 0 aliphatic heterocycles. The molecule has 1 heterocycles. The minimum Gasteiger partial charge on any atom is -0.478 e. The summed E-state index contributed by atoms with van der Waals surface area (Å²) in [6.45, 7) is 2.44. The molecule has 6 aromatic rings. The van der Waals surface area contributed by atoms with Crippen molar-refractivity contribution >= 4 is 34.5 Å². The second-order valence-electron chi connectivity index (χ2n) is 10.6. The first-order valence-electron chi connectivity index (χ1n) is 14.2. The van der Waals surface area contributed by atoms with Crippen LogP contribution in [0.5, 0.6) is 0 Å². The van der Waals surface area contributed by atoms with Crippen LogP contribution < -0.4 is 5.32 Å². The number of fused-ring (bicyclic) bond motifs is 1. The molecule has 5 nitrogen and oxygen atoms in total. The number of rotatable bonds is 9. The van der Waals surface area contributed by atoms with Gasteiger partial charge in [-0.2, -0.15) is 0 Å². The lowest BCUT2D eigenvalue weighted by Crippen LogP contribution is -2.27. The molecule has 0 spiro atoms. The zero-order valence-electron chi connectivity index (χ0n) is 23.9. The number of benzene rings is 5. The van der Waals surface area contributed by atoms with Crippen LogP contribution in [0.25, 0.3) is 22.0 Å².